The van der Waals surface area contributed by atoms with Gasteiger partial charge in [-0.15, -0.1) is 0 Å². The van der Waals surface area contributed by atoms with E-state index < -0.39 is 10.8 Å². The van der Waals surface area contributed by atoms with Gasteiger partial charge in [-0.3, -0.25) is 14.9 Å². The standard InChI is InChI=1S/C8H6FNO3/c9-8-3-1-2-7(10(12)13)4-6(8)5-11/h1-3,5H,4H2. The maximum absolute atomic E-state index is 12.9. The molecule has 1 rings (SSSR count). The van der Waals surface area contributed by atoms with Crippen LogP contribution in [0.1, 0.15) is 6.42 Å². The Morgan fingerprint density at radius 3 is 2.85 bits per heavy atom. The first-order chi connectivity index (χ1) is 6.15. The molecule has 0 aromatic heterocycles. The fraction of sp³-hybridized carbons (Fsp3) is 0.125. The lowest BCUT2D eigenvalue weighted by molar-refractivity contribution is -0.426. The van der Waals surface area contributed by atoms with Crippen LogP contribution in [0.15, 0.2) is 35.3 Å². The van der Waals surface area contributed by atoms with Gasteiger partial charge in [0.25, 0.3) is 5.70 Å². The molecular weight excluding hydrogens is 177 g/mol. The van der Waals surface area contributed by atoms with Gasteiger partial charge in [-0.2, -0.15) is 0 Å². The highest BCUT2D eigenvalue weighted by Crippen LogP contribution is 2.19. The minimum Gasteiger partial charge on any atom is -0.298 e. The van der Waals surface area contributed by atoms with Crippen LogP contribution >= 0.6 is 0 Å². The van der Waals surface area contributed by atoms with E-state index in [-0.39, 0.29) is 17.7 Å². The summed E-state index contributed by atoms with van der Waals surface area (Å²) in [7, 11) is 0. The molecule has 0 N–H and O–H groups in total. The largest absolute Gasteiger partial charge is 0.298 e. The van der Waals surface area contributed by atoms with Crippen molar-refractivity contribution in [2.75, 3.05) is 0 Å². The van der Waals surface area contributed by atoms with Crippen LogP contribution < -0.4 is 0 Å². The predicted molar refractivity (Wildman–Crippen MR) is 43.0 cm³/mol. The minimum atomic E-state index is -0.719. The molecule has 0 fully saturated rings. The topological polar surface area (TPSA) is 60.2 Å². The van der Waals surface area contributed by atoms with E-state index >= 15 is 0 Å². The third kappa shape index (κ3) is 2.08. The molecule has 0 saturated carbocycles. The van der Waals surface area contributed by atoms with Crippen molar-refractivity contribution >= 4 is 6.29 Å². The van der Waals surface area contributed by atoms with Crippen molar-refractivity contribution in [1.29, 1.82) is 0 Å². The van der Waals surface area contributed by atoms with Gasteiger partial charge >= 0.3 is 0 Å². The zero-order chi connectivity index (χ0) is 9.84. The van der Waals surface area contributed by atoms with Crippen LogP contribution in [0.25, 0.3) is 0 Å². The molecule has 1 aliphatic carbocycles. The van der Waals surface area contributed by atoms with E-state index in [9.17, 15) is 19.3 Å². The summed E-state index contributed by atoms with van der Waals surface area (Å²) in [5.41, 5.74) is -0.386. The molecule has 1 aliphatic rings. The van der Waals surface area contributed by atoms with Gasteiger partial charge in [0.1, 0.15) is 12.1 Å². The maximum atomic E-state index is 12.9. The maximum Gasteiger partial charge on any atom is 0.250 e. The number of carbonyl (C=O) groups excluding carboxylic acids is 1. The van der Waals surface area contributed by atoms with E-state index in [1.165, 1.54) is 12.2 Å². The fourth-order valence-electron chi connectivity index (χ4n) is 0.913. The summed E-state index contributed by atoms with van der Waals surface area (Å²) in [5, 5.41) is 10.3. The molecule has 0 radical (unpaired) electrons. The molecular formula is C8H6FNO3. The molecule has 0 amide bonds. The summed E-state index contributed by atoms with van der Waals surface area (Å²) < 4.78 is 12.9. The average Bonchev–Trinajstić information content (AvgIpc) is 2.27. The number of hydrogen-bond acceptors (Lipinski definition) is 3. The Hall–Kier alpha value is -1.78. The van der Waals surface area contributed by atoms with Crippen molar-refractivity contribution in [3.8, 4) is 0 Å². The molecule has 13 heavy (non-hydrogen) atoms. The SMILES string of the molecule is O=CC1=C(F)C=CC=C([N+](=O)[O-])C1. The second kappa shape index (κ2) is 3.75. The predicted octanol–water partition coefficient (Wildman–Crippen LogP) is 1.53. The zero-order valence-electron chi connectivity index (χ0n) is 6.57. The van der Waals surface area contributed by atoms with Crippen molar-refractivity contribution in [1.82, 2.24) is 0 Å². The van der Waals surface area contributed by atoms with E-state index in [1.807, 2.05) is 0 Å². The lowest BCUT2D eigenvalue weighted by Gasteiger charge is -1.95. The first-order valence-corrected chi connectivity index (χ1v) is 3.50. The molecule has 0 saturated heterocycles. The van der Waals surface area contributed by atoms with Crippen molar-refractivity contribution in [3.05, 3.63) is 45.4 Å². The third-order valence-corrected chi connectivity index (χ3v) is 1.59. The minimum absolute atomic E-state index is 0.189. The number of carbonyl (C=O) groups is 1. The zero-order valence-corrected chi connectivity index (χ0v) is 6.57. The molecule has 0 atom stereocenters. The molecule has 5 heteroatoms. The Morgan fingerprint density at radius 2 is 2.31 bits per heavy atom. The lowest BCUT2D eigenvalue weighted by atomic mass is 10.1. The fourth-order valence-corrected chi connectivity index (χ4v) is 0.913. The first-order valence-electron chi connectivity index (χ1n) is 3.50. The molecule has 0 aromatic carbocycles. The quantitative estimate of drug-likeness (QED) is 0.370. The van der Waals surface area contributed by atoms with Crippen LogP contribution in [-0.2, 0) is 4.79 Å². The summed E-state index contributed by atoms with van der Waals surface area (Å²) in [4.78, 5) is 20.0. The molecule has 68 valence electrons. The van der Waals surface area contributed by atoms with Crippen LogP contribution in [-0.4, -0.2) is 11.2 Å². The normalized spacial score (nSPS) is 16.5. The molecule has 0 spiro atoms. The van der Waals surface area contributed by atoms with Gasteiger partial charge in [-0.1, -0.05) is 6.08 Å². The summed E-state index contributed by atoms with van der Waals surface area (Å²) >= 11 is 0. The summed E-state index contributed by atoms with van der Waals surface area (Å²) in [6.07, 6.45) is 3.44. The highest BCUT2D eigenvalue weighted by molar-refractivity contribution is 5.75. The number of nitrogens with zero attached hydrogens (tertiary/aromatic N) is 1. The number of allylic oxidation sites excluding steroid dienone is 5. The number of nitro groups is 1. The molecule has 0 heterocycles. The van der Waals surface area contributed by atoms with E-state index in [4.69, 9.17) is 0 Å². The molecule has 0 bridgehead atoms. The van der Waals surface area contributed by atoms with Crippen LogP contribution in [0.3, 0.4) is 0 Å². The highest BCUT2D eigenvalue weighted by atomic mass is 19.1. The summed E-state index contributed by atoms with van der Waals surface area (Å²) in [6.45, 7) is 0. The Kier molecular flexibility index (Phi) is 2.69. The number of rotatable bonds is 2. The van der Waals surface area contributed by atoms with Gasteiger partial charge in [0.2, 0.25) is 0 Å². The Morgan fingerprint density at radius 1 is 1.62 bits per heavy atom. The van der Waals surface area contributed by atoms with Gasteiger partial charge in [0.05, 0.1) is 11.3 Å². The van der Waals surface area contributed by atoms with Crippen molar-refractivity contribution in [3.63, 3.8) is 0 Å². The second-order valence-electron chi connectivity index (χ2n) is 2.44. The third-order valence-electron chi connectivity index (χ3n) is 1.59. The van der Waals surface area contributed by atoms with Gasteiger partial charge in [-0.05, 0) is 6.08 Å². The molecule has 0 aliphatic heterocycles. The number of hydrogen-bond donors (Lipinski definition) is 0. The summed E-state index contributed by atoms with van der Waals surface area (Å²) in [5.74, 6) is -0.719. The molecule has 0 aromatic rings. The van der Waals surface area contributed by atoms with E-state index in [0.29, 0.717) is 6.29 Å². The van der Waals surface area contributed by atoms with Crippen LogP contribution in [0.5, 0.6) is 0 Å². The van der Waals surface area contributed by atoms with Crippen LogP contribution in [0.4, 0.5) is 4.39 Å². The van der Waals surface area contributed by atoms with Crippen molar-refractivity contribution in [2.45, 2.75) is 6.42 Å². The van der Waals surface area contributed by atoms with Gasteiger partial charge < -0.3 is 0 Å². The van der Waals surface area contributed by atoms with Crippen molar-refractivity contribution in [2.24, 2.45) is 0 Å². The average molecular weight is 183 g/mol. The first kappa shape index (κ1) is 9.31. The van der Waals surface area contributed by atoms with E-state index in [0.717, 1.165) is 6.08 Å². The highest BCUT2D eigenvalue weighted by Gasteiger charge is 2.16. The monoisotopic (exact) mass is 183 g/mol. The summed E-state index contributed by atoms with van der Waals surface area (Å²) in [6, 6.07) is 0. The Bertz CT molecular complexity index is 341. The van der Waals surface area contributed by atoms with Gasteiger partial charge in [0, 0.05) is 11.6 Å². The molecule has 0 unspecified atom stereocenters. The smallest absolute Gasteiger partial charge is 0.250 e. The second-order valence-corrected chi connectivity index (χ2v) is 2.44. The van der Waals surface area contributed by atoms with Crippen LogP contribution in [0, 0.1) is 10.1 Å². The van der Waals surface area contributed by atoms with Gasteiger partial charge in [0.15, 0.2) is 0 Å². The van der Waals surface area contributed by atoms with Crippen LogP contribution in [0.2, 0.25) is 0 Å². The number of aldehydes is 1. The van der Waals surface area contributed by atoms with Crippen molar-refractivity contribution < 1.29 is 14.1 Å². The number of halogens is 1. The Balaban J connectivity index is 3.02. The van der Waals surface area contributed by atoms with Gasteiger partial charge in [-0.25, -0.2) is 4.39 Å². The lowest BCUT2D eigenvalue weighted by Crippen LogP contribution is -2.00. The molecule has 4 nitrogen and oxygen atoms in total. The van der Waals surface area contributed by atoms with E-state index in [2.05, 4.69) is 0 Å². The van der Waals surface area contributed by atoms with E-state index in [1.54, 1.807) is 0 Å². The Labute approximate surface area is 73.2 Å².